The Bertz CT molecular complexity index is 1260. The molecule has 1 N–H and O–H groups in total. The lowest BCUT2D eigenvalue weighted by atomic mass is 9.98. The summed E-state index contributed by atoms with van der Waals surface area (Å²) < 4.78 is 74.1. The molecule has 0 radical (unpaired) electrons. The molecule has 1 amide bonds. The number of amides is 1. The molecule has 0 spiro atoms. The molecule has 1 heterocycles. The van der Waals surface area contributed by atoms with Gasteiger partial charge in [0.25, 0.3) is 17.7 Å². The van der Waals surface area contributed by atoms with Gasteiger partial charge in [-0.15, -0.1) is 10.2 Å². The fraction of sp³-hybridized carbons (Fsp3) is 0.292. The molecule has 2 aromatic carbocycles. The van der Waals surface area contributed by atoms with E-state index in [9.17, 15) is 26.7 Å². The minimum atomic E-state index is -4.62. The van der Waals surface area contributed by atoms with Crippen molar-refractivity contribution in [2.75, 3.05) is 6.54 Å². The molecule has 5 nitrogen and oxygen atoms in total. The summed E-state index contributed by atoms with van der Waals surface area (Å²) in [6.07, 6.45) is -2.54. The van der Waals surface area contributed by atoms with Gasteiger partial charge >= 0.3 is 6.18 Å². The maximum absolute atomic E-state index is 14.9. The molecule has 1 aliphatic carbocycles. The molecular formula is C24H19ClF5N3O2. The summed E-state index contributed by atoms with van der Waals surface area (Å²) in [5.74, 6) is -4.73. The van der Waals surface area contributed by atoms with Crippen LogP contribution < -0.4 is 10.1 Å². The first-order chi connectivity index (χ1) is 16.4. The molecule has 0 unspecified atom stereocenters. The maximum atomic E-state index is 14.9. The quantitative estimate of drug-likeness (QED) is 0.361. The van der Waals surface area contributed by atoms with Crippen molar-refractivity contribution < 1.29 is 31.5 Å². The first-order valence-electron chi connectivity index (χ1n) is 10.6. The second kappa shape index (κ2) is 9.41. The predicted molar refractivity (Wildman–Crippen MR) is 118 cm³/mol. The topological polar surface area (TPSA) is 64.1 Å². The number of carbonyl (C=O) groups excluding carboxylic acids is 1. The molecule has 11 heteroatoms. The number of aryl methyl sites for hydroxylation is 1. The number of rotatable bonds is 7. The molecule has 1 fully saturated rings. The van der Waals surface area contributed by atoms with E-state index in [2.05, 4.69) is 15.5 Å². The number of nitrogens with one attached hydrogen (secondary N) is 1. The summed E-state index contributed by atoms with van der Waals surface area (Å²) in [4.78, 5) is 12.7. The van der Waals surface area contributed by atoms with Gasteiger partial charge < -0.3 is 10.1 Å². The van der Waals surface area contributed by atoms with Crippen LogP contribution in [0, 0.1) is 6.92 Å². The molecule has 4 rings (SSSR count). The fourth-order valence-corrected chi connectivity index (χ4v) is 3.74. The van der Waals surface area contributed by atoms with E-state index in [0.717, 1.165) is 36.6 Å². The van der Waals surface area contributed by atoms with Crippen molar-refractivity contribution in [2.24, 2.45) is 0 Å². The average molecular weight is 512 g/mol. The smallest absolute Gasteiger partial charge is 0.416 e. The highest BCUT2D eigenvalue weighted by Crippen LogP contribution is 2.42. The highest BCUT2D eigenvalue weighted by molar-refractivity contribution is 6.29. The summed E-state index contributed by atoms with van der Waals surface area (Å²) in [6, 6.07) is 9.67. The SMILES string of the molecule is Cc1cc(C2CC2)ccc1C(F)(F)CNC(=O)c1cc(Cl)nnc1Oc1cccc(C(F)(F)F)c1. The number of carbonyl (C=O) groups is 1. The Kier molecular flexibility index (Phi) is 6.68. The highest BCUT2D eigenvalue weighted by Gasteiger charge is 2.35. The van der Waals surface area contributed by atoms with Gasteiger partial charge in [0.1, 0.15) is 11.3 Å². The minimum Gasteiger partial charge on any atom is -0.437 e. The van der Waals surface area contributed by atoms with E-state index in [0.29, 0.717) is 17.5 Å². The lowest BCUT2D eigenvalue weighted by molar-refractivity contribution is -0.137. The summed E-state index contributed by atoms with van der Waals surface area (Å²) in [5.41, 5.74) is -0.131. The Morgan fingerprint density at radius 2 is 1.83 bits per heavy atom. The van der Waals surface area contributed by atoms with Crippen molar-refractivity contribution in [1.29, 1.82) is 0 Å². The van der Waals surface area contributed by atoms with Crippen LogP contribution in [0.4, 0.5) is 22.0 Å². The summed E-state index contributed by atoms with van der Waals surface area (Å²) in [5, 5.41) is 9.02. The number of ether oxygens (including phenoxy) is 1. The molecular weight excluding hydrogens is 493 g/mol. The van der Waals surface area contributed by atoms with E-state index in [1.165, 1.54) is 12.1 Å². The fourth-order valence-electron chi connectivity index (χ4n) is 3.59. The van der Waals surface area contributed by atoms with Crippen molar-refractivity contribution in [2.45, 2.75) is 37.8 Å². The van der Waals surface area contributed by atoms with E-state index in [1.807, 2.05) is 0 Å². The number of benzene rings is 2. The third-order valence-electron chi connectivity index (χ3n) is 5.51. The molecule has 0 atom stereocenters. The zero-order valence-corrected chi connectivity index (χ0v) is 19.1. The van der Waals surface area contributed by atoms with Crippen LogP contribution in [-0.4, -0.2) is 22.6 Å². The Morgan fingerprint density at radius 1 is 1.09 bits per heavy atom. The predicted octanol–water partition coefficient (Wildman–Crippen LogP) is 6.65. The van der Waals surface area contributed by atoms with E-state index >= 15 is 0 Å². The number of halogens is 6. The molecule has 1 aromatic heterocycles. The summed E-state index contributed by atoms with van der Waals surface area (Å²) in [7, 11) is 0. The first-order valence-corrected chi connectivity index (χ1v) is 11.0. The van der Waals surface area contributed by atoms with Crippen LogP contribution in [0.3, 0.4) is 0 Å². The van der Waals surface area contributed by atoms with E-state index < -0.39 is 36.0 Å². The Balaban J connectivity index is 1.51. The standard InChI is InChI=1S/C24H19ClF5N3O2/c1-13-9-15(14-5-6-14)7-8-19(13)23(26,27)12-31-21(34)18-11-20(25)32-33-22(18)35-17-4-2-3-16(10-17)24(28,29)30/h2-4,7-11,14H,5-6,12H2,1H3,(H,31,34). The van der Waals surface area contributed by atoms with Gasteiger partial charge in [0.05, 0.1) is 12.1 Å². The zero-order chi connectivity index (χ0) is 25.4. The molecule has 1 aliphatic rings. The second-order valence-corrected chi connectivity index (χ2v) is 8.64. The largest absolute Gasteiger partial charge is 0.437 e. The molecule has 35 heavy (non-hydrogen) atoms. The number of alkyl halides is 5. The van der Waals surface area contributed by atoms with Crippen LogP contribution in [-0.2, 0) is 12.1 Å². The highest BCUT2D eigenvalue weighted by atomic mass is 35.5. The molecule has 0 bridgehead atoms. The molecule has 0 aliphatic heterocycles. The number of aromatic nitrogens is 2. The Morgan fingerprint density at radius 3 is 2.49 bits per heavy atom. The van der Waals surface area contributed by atoms with Crippen LogP contribution in [0.25, 0.3) is 0 Å². The van der Waals surface area contributed by atoms with Gasteiger partial charge in [-0.3, -0.25) is 4.79 Å². The van der Waals surface area contributed by atoms with Crippen molar-refractivity contribution >= 4 is 17.5 Å². The van der Waals surface area contributed by atoms with E-state index in [1.54, 1.807) is 19.1 Å². The molecule has 1 saturated carbocycles. The first kappa shape index (κ1) is 24.8. The Labute approximate surface area is 202 Å². The Hall–Kier alpha value is -3.27. The van der Waals surface area contributed by atoms with Gasteiger partial charge in [-0.2, -0.15) is 22.0 Å². The van der Waals surface area contributed by atoms with Crippen LogP contribution >= 0.6 is 11.6 Å². The van der Waals surface area contributed by atoms with Gasteiger partial charge in [-0.05, 0) is 61.1 Å². The van der Waals surface area contributed by atoms with Crippen LogP contribution in [0.15, 0.2) is 48.5 Å². The maximum Gasteiger partial charge on any atom is 0.416 e. The molecule has 3 aromatic rings. The van der Waals surface area contributed by atoms with Crippen LogP contribution in [0.2, 0.25) is 5.15 Å². The number of nitrogens with zero attached hydrogens (tertiary/aromatic N) is 2. The van der Waals surface area contributed by atoms with E-state index in [4.69, 9.17) is 16.3 Å². The van der Waals surface area contributed by atoms with Crippen molar-refractivity contribution in [3.05, 3.63) is 81.5 Å². The molecule has 0 saturated heterocycles. The van der Waals surface area contributed by atoms with Crippen LogP contribution in [0.1, 0.15) is 51.4 Å². The molecule has 184 valence electrons. The summed E-state index contributed by atoms with van der Waals surface area (Å²) >= 11 is 5.80. The average Bonchev–Trinajstić information content (AvgIpc) is 3.64. The van der Waals surface area contributed by atoms with Gasteiger partial charge in [0, 0.05) is 5.56 Å². The monoisotopic (exact) mass is 511 g/mol. The lowest BCUT2D eigenvalue weighted by Crippen LogP contribution is -2.35. The number of hydrogen-bond acceptors (Lipinski definition) is 4. The third kappa shape index (κ3) is 5.87. The van der Waals surface area contributed by atoms with Crippen molar-refractivity contribution in [3.8, 4) is 11.6 Å². The van der Waals surface area contributed by atoms with Gasteiger partial charge in [0.2, 0.25) is 0 Å². The third-order valence-corrected chi connectivity index (χ3v) is 5.70. The second-order valence-electron chi connectivity index (χ2n) is 8.25. The minimum absolute atomic E-state index is 0.214. The summed E-state index contributed by atoms with van der Waals surface area (Å²) in [6.45, 7) is 0.558. The van der Waals surface area contributed by atoms with Gasteiger partial charge in [-0.25, -0.2) is 0 Å². The normalized spacial score (nSPS) is 14.0. The van der Waals surface area contributed by atoms with Gasteiger partial charge in [0.15, 0.2) is 5.15 Å². The van der Waals surface area contributed by atoms with Crippen molar-refractivity contribution in [1.82, 2.24) is 15.5 Å². The van der Waals surface area contributed by atoms with E-state index in [-0.39, 0.29) is 22.0 Å². The van der Waals surface area contributed by atoms with Crippen molar-refractivity contribution in [3.63, 3.8) is 0 Å². The zero-order valence-electron chi connectivity index (χ0n) is 18.3. The number of hydrogen-bond donors (Lipinski definition) is 1. The van der Waals surface area contributed by atoms with Crippen LogP contribution in [0.5, 0.6) is 11.6 Å². The van der Waals surface area contributed by atoms with Gasteiger partial charge in [-0.1, -0.05) is 35.9 Å². The lowest BCUT2D eigenvalue weighted by Gasteiger charge is -2.20.